The fourth-order valence-electron chi connectivity index (χ4n) is 3.94. The van der Waals surface area contributed by atoms with E-state index in [-0.39, 0.29) is 10.8 Å². The second-order valence-corrected chi connectivity index (χ2v) is 9.12. The molecule has 2 heteroatoms. The van der Waals surface area contributed by atoms with Crippen LogP contribution in [0.4, 0.5) is 5.69 Å². The van der Waals surface area contributed by atoms with Crippen LogP contribution in [-0.2, 0) is 22.0 Å². The smallest absolute Gasteiger partial charge is 0.0642 e. The van der Waals surface area contributed by atoms with Gasteiger partial charge in [0.15, 0.2) is 0 Å². The number of rotatable bonds is 4. The van der Waals surface area contributed by atoms with Gasteiger partial charge in [0.05, 0.1) is 13.2 Å². The second-order valence-electron chi connectivity index (χ2n) is 9.12. The average molecular weight is 352 g/mol. The van der Waals surface area contributed by atoms with Crippen molar-refractivity contribution in [3.05, 3.63) is 65.2 Å². The Kier molecular flexibility index (Phi) is 5.43. The second kappa shape index (κ2) is 7.44. The van der Waals surface area contributed by atoms with Crippen LogP contribution in [0, 0.1) is 0 Å². The molecule has 1 heterocycles. The fraction of sp³-hybridized carbons (Fsp3) is 0.500. The van der Waals surface area contributed by atoms with Gasteiger partial charge in [-0.1, -0.05) is 71.0 Å². The number of ether oxygens (including phenoxy) is 1. The van der Waals surface area contributed by atoms with E-state index < -0.39 is 0 Å². The molecule has 0 saturated carbocycles. The van der Waals surface area contributed by atoms with Crippen molar-refractivity contribution in [2.75, 3.05) is 31.2 Å². The lowest BCUT2D eigenvalue weighted by Gasteiger charge is -2.33. The molecule has 26 heavy (non-hydrogen) atoms. The zero-order valence-electron chi connectivity index (χ0n) is 17.0. The number of nitrogens with zero attached hydrogens (tertiary/aromatic N) is 1. The van der Waals surface area contributed by atoms with Crippen LogP contribution in [0.2, 0.25) is 0 Å². The van der Waals surface area contributed by atoms with Gasteiger partial charge < -0.3 is 9.64 Å². The van der Waals surface area contributed by atoms with Gasteiger partial charge in [0.25, 0.3) is 0 Å². The molecular weight excluding hydrogens is 318 g/mol. The lowest BCUT2D eigenvalue weighted by Crippen LogP contribution is -2.36. The molecule has 0 aromatic heterocycles. The van der Waals surface area contributed by atoms with E-state index in [1.807, 2.05) is 0 Å². The number of benzene rings is 2. The Hall–Kier alpha value is -1.80. The first kappa shape index (κ1) is 19.0. The van der Waals surface area contributed by atoms with Crippen LogP contribution in [0.3, 0.4) is 0 Å². The van der Waals surface area contributed by atoms with Crippen LogP contribution >= 0.6 is 0 Å². The molecule has 140 valence electrons. The van der Waals surface area contributed by atoms with E-state index in [1.165, 1.54) is 22.4 Å². The zero-order chi connectivity index (χ0) is 18.8. The first-order chi connectivity index (χ1) is 12.3. The minimum atomic E-state index is 0.102. The highest BCUT2D eigenvalue weighted by atomic mass is 16.5. The third-order valence-corrected chi connectivity index (χ3v) is 5.46. The van der Waals surface area contributed by atoms with Gasteiger partial charge in [-0.3, -0.25) is 0 Å². The van der Waals surface area contributed by atoms with E-state index in [9.17, 15) is 0 Å². The van der Waals surface area contributed by atoms with Crippen LogP contribution < -0.4 is 4.90 Å². The van der Waals surface area contributed by atoms with Crippen LogP contribution in [0.25, 0.3) is 0 Å². The maximum Gasteiger partial charge on any atom is 0.0642 e. The van der Waals surface area contributed by atoms with Gasteiger partial charge in [-0.15, -0.1) is 0 Å². The summed E-state index contributed by atoms with van der Waals surface area (Å²) in [6.45, 7) is 15.3. The van der Waals surface area contributed by atoms with Gasteiger partial charge >= 0.3 is 0 Å². The summed E-state index contributed by atoms with van der Waals surface area (Å²) in [6, 6.07) is 18.0. The normalized spacial score (nSPS) is 16.0. The Morgan fingerprint density at radius 2 is 1.54 bits per heavy atom. The van der Waals surface area contributed by atoms with Crippen molar-refractivity contribution in [2.45, 2.75) is 51.9 Å². The minimum absolute atomic E-state index is 0.102. The van der Waals surface area contributed by atoms with Crippen molar-refractivity contribution in [3.8, 4) is 0 Å². The maximum absolute atomic E-state index is 5.53. The third kappa shape index (κ3) is 4.29. The summed E-state index contributed by atoms with van der Waals surface area (Å²) in [6.07, 6.45) is 1.04. The maximum atomic E-state index is 5.53. The van der Waals surface area contributed by atoms with E-state index in [1.54, 1.807) is 0 Å². The first-order valence-electron chi connectivity index (χ1n) is 9.79. The van der Waals surface area contributed by atoms with Crippen molar-refractivity contribution in [3.63, 3.8) is 0 Å². The van der Waals surface area contributed by atoms with Gasteiger partial charge in [0, 0.05) is 18.8 Å². The Bertz CT molecular complexity index is 722. The Morgan fingerprint density at radius 1 is 0.885 bits per heavy atom. The monoisotopic (exact) mass is 351 g/mol. The zero-order valence-corrected chi connectivity index (χ0v) is 17.0. The van der Waals surface area contributed by atoms with Gasteiger partial charge in [0.2, 0.25) is 0 Å². The molecule has 2 aromatic rings. The molecule has 1 aliphatic heterocycles. The summed E-state index contributed by atoms with van der Waals surface area (Å²) in [4.78, 5) is 2.45. The predicted molar refractivity (Wildman–Crippen MR) is 111 cm³/mol. The van der Waals surface area contributed by atoms with E-state index >= 15 is 0 Å². The molecule has 1 fully saturated rings. The minimum Gasteiger partial charge on any atom is -0.378 e. The van der Waals surface area contributed by atoms with Crippen LogP contribution in [0.5, 0.6) is 0 Å². The predicted octanol–water partition coefficient (Wildman–Crippen LogP) is 5.34. The van der Waals surface area contributed by atoms with Crippen LogP contribution in [0.1, 0.15) is 51.3 Å². The largest absolute Gasteiger partial charge is 0.378 e. The van der Waals surface area contributed by atoms with E-state index in [2.05, 4.69) is 88.0 Å². The molecule has 0 amide bonds. The average Bonchev–Trinajstić information content (AvgIpc) is 2.62. The highest BCUT2D eigenvalue weighted by molar-refractivity contribution is 5.53. The van der Waals surface area contributed by atoms with Crippen LogP contribution in [0.15, 0.2) is 48.5 Å². The van der Waals surface area contributed by atoms with E-state index in [0.29, 0.717) is 0 Å². The Labute approximate surface area is 159 Å². The molecule has 0 atom stereocenters. The number of hydrogen-bond donors (Lipinski definition) is 0. The van der Waals surface area contributed by atoms with Gasteiger partial charge in [-0.05, 0) is 46.1 Å². The summed E-state index contributed by atoms with van der Waals surface area (Å²) in [5.41, 5.74) is 5.90. The van der Waals surface area contributed by atoms with Crippen molar-refractivity contribution in [1.29, 1.82) is 0 Å². The molecule has 0 bridgehead atoms. The molecule has 2 aromatic carbocycles. The molecule has 1 aliphatic rings. The SMILES string of the molecule is CC(C)(C)c1ccc(N2CCOCC2)cc1CC(C)(C)c1ccccc1. The summed E-state index contributed by atoms with van der Waals surface area (Å²) >= 11 is 0. The molecular formula is C24H33NO. The third-order valence-electron chi connectivity index (χ3n) is 5.46. The molecule has 2 nitrogen and oxygen atoms in total. The fourth-order valence-corrected chi connectivity index (χ4v) is 3.94. The molecule has 1 saturated heterocycles. The summed E-state index contributed by atoms with van der Waals surface area (Å²) in [7, 11) is 0. The van der Waals surface area contributed by atoms with E-state index in [0.717, 1.165) is 32.7 Å². The topological polar surface area (TPSA) is 12.5 Å². The number of morpholine rings is 1. The summed E-state index contributed by atoms with van der Waals surface area (Å²) < 4.78 is 5.53. The molecule has 0 radical (unpaired) electrons. The molecule has 0 N–H and O–H groups in total. The van der Waals surface area contributed by atoms with Gasteiger partial charge in [0.1, 0.15) is 0 Å². The Morgan fingerprint density at radius 3 is 2.15 bits per heavy atom. The highest BCUT2D eigenvalue weighted by Gasteiger charge is 2.26. The number of hydrogen-bond acceptors (Lipinski definition) is 2. The van der Waals surface area contributed by atoms with Crippen LogP contribution in [-0.4, -0.2) is 26.3 Å². The lowest BCUT2D eigenvalue weighted by molar-refractivity contribution is 0.122. The standard InChI is InChI=1S/C24H33NO/c1-23(2,3)22-12-11-21(25-13-15-26-16-14-25)17-19(22)18-24(4,5)20-9-7-6-8-10-20/h6-12,17H,13-16,18H2,1-5H3. The molecule has 0 unspecified atom stereocenters. The van der Waals surface area contributed by atoms with E-state index in [4.69, 9.17) is 4.74 Å². The first-order valence-corrected chi connectivity index (χ1v) is 9.79. The highest BCUT2D eigenvalue weighted by Crippen LogP contribution is 2.35. The molecule has 3 rings (SSSR count). The summed E-state index contributed by atoms with van der Waals surface area (Å²) in [5, 5.41) is 0. The summed E-state index contributed by atoms with van der Waals surface area (Å²) in [5.74, 6) is 0. The lowest BCUT2D eigenvalue weighted by atomic mass is 9.74. The van der Waals surface area contributed by atoms with Crippen molar-refractivity contribution in [2.24, 2.45) is 0 Å². The quantitative estimate of drug-likeness (QED) is 0.737. The van der Waals surface area contributed by atoms with Gasteiger partial charge in [-0.2, -0.15) is 0 Å². The van der Waals surface area contributed by atoms with Crippen molar-refractivity contribution in [1.82, 2.24) is 0 Å². The Balaban J connectivity index is 1.97. The molecule has 0 aliphatic carbocycles. The number of anilines is 1. The van der Waals surface area contributed by atoms with Crippen molar-refractivity contribution < 1.29 is 4.74 Å². The van der Waals surface area contributed by atoms with Crippen molar-refractivity contribution >= 4 is 5.69 Å². The van der Waals surface area contributed by atoms with Gasteiger partial charge in [-0.25, -0.2) is 0 Å². The molecule has 0 spiro atoms.